The first-order chi connectivity index (χ1) is 13.2. The van der Waals surface area contributed by atoms with Gasteiger partial charge in [-0.2, -0.15) is 0 Å². The monoisotopic (exact) mass is 366 g/mol. The minimum Gasteiger partial charge on any atom is -0.478 e. The summed E-state index contributed by atoms with van der Waals surface area (Å²) in [6.45, 7) is 4.31. The van der Waals surface area contributed by atoms with Gasteiger partial charge in [0.1, 0.15) is 5.57 Å². The number of hydrogen-bond donors (Lipinski definition) is 1. The van der Waals surface area contributed by atoms with Crippen molar-refractivity contribution >= 4 is 11.5 Å². The normalized spacial score (nSPS) is 12.7. The highest BCUT2D eigenvalue weighted by atomic mass is 16.4. The molecule has 1 aromatic heterocycles. The molecule has 144 valence electrons. The number of carbonyl (C=O) groups is 1. The number of allylic oxidation sites excluding steroid dienone is 1. The molecular weight excluding hydrogens is 336 g/mol. The van der Waals surface area contributed by atoms with Crippen LogP contribution in [-0.2, 0) is 11.2 Å². The van der Waals surface area contributed by atoms with Crippen molar-refractivity contribution in [1.29, 1.82) is 0 Å². The molecule has 0 spiro atoms. The lowest BCUT2D eigenvalue weighted by atomic mass is 9.91. The summed E-state index contributed by atoms with van der Waals surface area (Å²) in [4.78, 5) is 20.6. The van der Waals surface area contributed by atoms with Gasteiger partial charge in [-0.05, 0) is 30.4 Å². The number of benzene rings is 1. The van der Waals surface area contributed by atoms with Gasteiger partial charge in [-0.15, -0.1) is 0 Å². The molecule has 0 aliphatic heterocycles. The highest BCUT2D eigenvalue weighted by Crippen LogP contribution is 2.27. The van der Waals surface area contributed by atoms with Crippen molar-refractivity contribution in [2.45, 2.75) is 64.7 Å². The zero-order chi connectivity index (χ0) is 19.5. The van der Waals surface area contributed by atoms with Crippen molar-refractivity contribution in [2.24, 2.45) is 0 Å². The number of rotatable bonds is 11. The summed E-state index contributed by atoms with van der Waals surface area (Å²) >= 11 is 0. The Morgan fingerprint density at radius 1 is 1.04 bits per heavy atom. The average molecular weight is 367 g/mol. The first-order valence-electron chi connectivity index (χ1n) is 9.97. The Morgan fingerprint density at radius 2 is 1.70 bits per heavy atom. The second kappa shape index (κ2) is 11.3. The van der Waals surface area contributed by atoms with E-state index in [-0.39, 0.29) is 11.5 Å². The first-order valence-corrected chi connectivity index (χ1v) is 9.97. The topological polar surface area (TPSA) is 63.1 Å². The minimum absolute atomic E-state index is 0.0464. The fourth-order valence-corrected chi connectivity index (χ4v) is 3.12. The van der Waals surface area contributed by atoms with Crippen LogP contribution in [0.25, 0.3) is 5.57 Å². The van der Waals surface area contributed by atoms with Crippen LogP contribution in [0.15, 0.2) is 48.8 Å². The number of unbranched alkanes of at least 4 members (excludes halogenated alkanes) is 3. The van der Waals surface area contributed by atoms with E-state index in [0.717, 1.165) is 43.2 Å². The lowest BCUT2D eigenvalue weighted by Crippen LogP contribution is -2.07. The van der Waals surface area contributed by atoms with Crippen LogP contribution < -0.4 is 0 Å². The van der Waals surface area contributed by atoms with Gasteiger partial charge in [-0.25, -0.2) is 14.8 Å². The summed E-state index contributed by atoms with van der Waals surface area (Å²) in [5, 5.41) is 9.74. The maximum atomic E-state index is 11.9. The molecule has 1 atom stereocenters. The number of nitrogens with zero attached hydrogens (tertiary/aromatic N) is 2. The predicted molar refractivity (Wildman–Crippen MR) is 110 cm³/mol. The standard InChI is InChI=1S/C23H30N2O2/c1-3-5-8-11-18-16-24-22(25-17-18)21(23(26)27)15-20(12-6-4-2)19-13-9-7-10-14-19/h7,9-10,13-17,20H,3-6,8,11-12H2,1-2H3,(H,26,27)/b21-15+. The summed E-state index contributed by atoms with van der Waals surface area (Å²) in [6, 6.07) is 10.1. The Kier molecular flexibility index (Phi) is 8.69. The van der Waals surface area contributed by atoms with Crippen LogP contribution in [0.1, 0.15) is 75.2 Å². The molecule has 4 nitrogen and oxygen atoms in total. The van der Waals surface area contributed by atoms with E-state index in [4.69, 9.17) is 0 Å². The smallest absolute Gasteiger partial charge is 0.339 e. The van der Waals surface area contributed by atoms with Crippen LogP contribution in [0, 0.1) is 0 Å². The number of carboxylic acids is 1. The fraction of sp³-hybridized carbons (Fsp3) is 0.435. The molecule has 2 rings (SSSR count). The van der Waals surface area contributed by atoms with E-state index in [1.54, 1.807) is 12.4 Å². The summed E-state index contributed by atoms with van der Waals surface area (Å²) in [5.41, 5.74) is 2.36. The van der Waals surface area contributed by atoms with Gasteiger partial charge in [0.2, 0.25) is 0 Å². The molecule has 0 saturated carbocycles. The maximum absolute atomic E-state index is 11.9. The highest BCUT2D eigenvalue weighted by molar-refractivity contribution is 6.14. The average Bonchev–Trinajstić information content (AvgIpc) is 2.69. The largest absolute Gasteiger partial charge is 0.478 e. The molecule has 4 heteroatoms. The van der Waals surface area contributed by atoms with Gasteiger partial charge in [-0.3, -0.25) is 0 Å². The third kappa shape index (κ3) is 6.63. The van der Waals surface area contributed by atoms with Crippen molar-refractivity contribution in [2.75, 3.05) is 0 Å². The number of aromatic nitrogens is 2. The van der Waals surface area contributed by atoms with Gasteiger partial charge in [0.05, 0.1) is 0 Å². The number of carboxylic acid groups (broad SMARTS) is 1. The second-order valence-corrected chi connectivity index (χ2v) is 6.92. The van der Waals surface area contributed by atoms with E-state index >= 15 is 0 Å². The van der Waals surface area contributed by atoms with E-state index < -0.39 is 5.97 Å². The van der Waals surface area contributed by atoms with Gasteiger partial charge in [0.15, 0.2) is 5.82 Å². The Morgan fingerprint density at radius 3 is 2.30 bits per heavy atom. The fourth-order valence-electron chi connectivity index (χ4n) is 3.12. The predicted octanol–water partition coefficient (Wildman–Crippen LogP) is 5.65. The van der Waals surface area contributed by atoms with E-state index in [2.05, 4.69) is 23.8 Å². The van der Waals surface area contributed by atoms with Crippen molar-refractivity contribution in [3.63, 3.8) is 0 Å². The van der Waals surface area contributed by atoms with Crippen LogP contribution in [0.3, 0.4) is 0 Å². The molecule has 0 aliphatic rings. The lowest BCUT2D eigenvalue weighted by Gasteiger charge is -2.14. The van der Waals surface area contributed by atoms with Gasteiger partial charge >= 0.3 is 5.97 Å². The zero-order valence-electron chi connectivity index (χ0n) is 16.4. The van der Waals surface area contributed by atoms with E-state index in [1.807, 2.05) is 36.4 Å². The molecule has 2 aromatic rings. The molecule has 27 heavy (non-hydrogen) atoms. The van der Waals surface area contributed by atoms with Crippen molar-refractivity contribution in [1.82, 2.24) is 9.97 Å². The molecule has 0 radical (unpaired) electrons. The molecule has 1 heterocycles. The van der Waals surface area contributed by atoms with Crippen LogP contribution in [-0.4, -0.2) is 21.0 Å². The quantitative estimate of drug-likeness (QED) is 0.412. The first kappa shape index (κ1) is 20.8. The summed E-state index contributed by atoms with van der Waals surface area (Å²) < 4.78 is 0. The van der Waals surface area contributed by atoms with Crippen LogP contribution in [0.4, 0.5) is 0 Å². The van der Waals surface area contributed by atoms with E-state index in [9.17, 15) is 9.90 Å². The molecular formula is C23H30N2O2. The van der Waals surface area contributed by atoms with Crippen LogP contribution in [0.5, 0.6) is 0 Å². The third-order valence-corrected chi connectivity index (χ3v) is 4.71. The summed E-state index contributed by atoms with van der Waals surface area (Å²) in [7, 11) is 0. The van der Waals surface area contributed by atoms with Crippen LogP contribution >= 0.6 is 0 Å². The van der Waals surface area contributed by atoms with Crippen molar-refractivity contribution < 1.29 is 9.90 Å². The number of aliphatic carboxylic acids is 1. The van der Waals surface area contributed by atoms with Crippen molar-refractivity contribution in [3.05, 3.63) is 65.8 Å². The molecule has 0 aliphatic carbocycles. The van der Waals surface area contributed by atoms with Gasteiger partial charge in [0, 0.05) is 18.3 Å². The summed E-state index contributed by atoms with van der Waals surface area (Å²) in [5.74, 6) is -0.643. The molecule has 0 saturated heterocycles. The Hall–Kier alpha value is -2.49. The number of aryl methyl sites for hydroxylation is 1. The van der Waals surface area contributed by atoms with E-state index in [1.165, 1.54) is 12.8 Å². The Labute approximate surface area is 162 Å². The molecule has 0 fully saturated rings. The molecule has 1 unspecified atom stereocenters. The van der Waals surface area contributed by atoms with Gasteiger partial charge in [-0.1, -0.05) is 75.9 Å². The van der Waals surface area contributed by atoms with Crippen LogP contribution in [0.2, 0.25) is 0 Å². The van der Waals surface area contributed by atoms with Gasteiger partial charge in [0.25, 0.3) is 0 Å². The SMILES string of the molecule is CCCCCc1cnc(/C(=C\C(CCCC)c2ccccc2)C(=O)O)nc1. The van der Waals surface area contributed by atoms with E-state index in [0.29, 0.717) is 5.82 Å². The maximum Gasteiger partial charge on any atom is 0.339 e. The van der Waals surface area contributed by atoms with Crippen molar-refractivity contribution in [3.8, 4) is 0 Å². The molecule has 1 aromatic carbocycles. The molecule has 1 N–H and O–H groups in total. The number of hydrogen-bond acceptors (Lipinski definition) is 3. The second-order valence-electron chi connectivity index (χ2n) is 6.92. The minimum atomic E-state index is -0.980. The van der Waals surface area contributed by atoms with Gasteiger partial charge < -0.3 is 5.11 Å². The summed E-state index contributed by atoms with van der Waals surface area (Å²) in [6.07, 6.45) is 12.8. The zero-order valence-corrected chi connectivity index (χ0v) is 16.4. The molecule has 0 amide bonds. The highest BCUT2D eigenvalue weighted by Gasteiger charge is 2.18. The molecule has 0 bridgehead atoms. The Balaban J connectivity index is 2.26. The third-order valence-electron chi connectivity index (χ3n) is 4.71. The Bertz CT molecular complexity index is 724. The lowest BCUT2D eigenvalue weighted by molar-refractivity contribution is -0.130.